The number of alkyl halides is 3. The maximum Gasteiger partial charge on any atom is 0.417 e. The zero-order valence-electron chi connectivity index (χ0n) is 18.3. The summed E-state index contributed by atoms with van der Waals surface area (Å²) in [4.78, 5) is 20.6. The summed E-state index contributed by atoms with van der Waals surface area (Å²) in [7, 11) is 1.66. The van der Waals surface area contributed by atoms with Gasteiger partial charge in [0.25, 0.3) is 5.91 Å². The van der Waals surface area contributed by atoms with Crippen LogP contribution in [0.15, 0.2) is 6.33 Å². The topological polar surface area (TPSA) is 81.8 Å². The van der Waals surface area contributed by atoms with Crippen molar-refractivity contribution >= 4 is 11.7 Å². The second-order valence-electron chi connectivity index (χ2n) is 10.3. The van der Waals surface area contributed by atoms with E-state index >= 15 is 0 Å². The number of hydrogen-bond acceptors (Lipinski definition) is 5. The van der Waals surface area contributed by atoms with E-state index in [0.717, 1.165) is 18.4 Å². The first-order chi connectivity index (χ1) is 15.1. The first-order valence-electron chi connectivity index (χ1n) is 11.6. The molecule has 3 aliphatic carbocycles. The quantitative estimate of drug-likeness (QED) is 0.712. The lowest BCUT2D eigenvalue weighted by Gasteiger charge is -2.42. The number of rotatable bonds is 5. The van der Waals surface area contributed by atoms with Crippen LogP contribution in [0.25, 0.3) is 0 Å². The number of aliphatic hydroxyl groups excluding tert-OH is 1. The molecule has 178 valence electrons. The molecule has 1 aromatic rings. The lowest BCUT2D eigenvalue weighted by molar-refractivity contribution is -0.272. The number of imidazole rings is 1. The van der Waals surface area contributed by atoms with E-state index in [0.29, 0.717) is 17.4 Å². The van der Waals surface area contributed by atoms with Gasteiger partial charge in [0.2, 0.25) is 6.35 Å². The molecule has 0 spiro atoms. The van der Waals surface area contributed by atoms with Crippen LogP contribution in [0.5, 0.6) is 0 Å². The molecular weight excluding hydrogens is 425 g/mol. The van der Waals surface area contributed by atoms with Crippen molar-refractivity contribution in [2.45, 2.75) is 76.0 Å². The number of halogens is 3. The lowest BCUT2D eigenvalue weighted by Crippen LogP contribution is -2.56. The Balaban J connectivity index is 1.27. The van der Waals surface area contributed by atoms with Crippen molar-refractivity contribution in [3.8, 4) is 0 Å². The van der Waals surface area contributed by atoms with E-state index in [2.05, 4.69) is 4.98 Å². The Morgan fingerprint density at radius 1 is 1.19 bits per heavy atom. The van der Waals surface area contributed by atoms with E-state index in [1.807, 2.05) is 4.57 Å². The van der Waals surface area contributed by atoms with Gasteiger partial charge in [-0.15, -0.1) is 0 Å². The van der Waals surface area contributed by atoms with Gasteiger partial charge in [0.15, 0.2) is 17.1 Å². The fourth-order valence-electron chi connectivity index (χ4n) is 5.80. The Morgan fingerprint density at radius 3 is 2.47 bits per heavy atom. The van der Waals surface area contributed by atoms with Gasteiger partial charge in [-0.2, -0.15) is 13.2 Å². The molecule has 0 saturated heterocycles. The third-order valence-electron chi connectivity index (χ3n) is 8.32. The molecule has 3 fully saturated rings. The summed E-state index contributed by atoms with van der Waals surface area (Å²) >= 11 is 0. The van der Waals surface area contributed by atoms with Crippen LogP contribution in [-0.2, 0) is 6.54 Å². The number of anilines is 1. The monoisotopic (exact) mass is 456 g/mol. The normalized spacial score (nSPS) is 35.6. The number of aliphatic hydroxyl groups is 2. The summed E-state index contributed by atoms with van der Waals surface area (Å²) in [6.07, 6.45) is 0.405. The van der Waals surface area contributed by atoms with Crippen LogP contribution in [0.2, 0.25) is 0 Å². The highest BCUT2D eigenvalue weighted by Crippen LogP contribution is 2.52. The van der Waals surface area contributed by atoms with Gasteiger partial charge in [-0.05, 0) is 55.8 Å². The Bertz CT molecular complexity index is 876. The summed E-state index contributed by atoms with van der Waals surface area (Å²) < 4.78 is 41.2. The molecule has 1 aromatic heterocycles. The highest BCUT2D eigenvalue weighted by atomic mass is 19.4. The summed E-state index contributed by atoms with van der Waals surface area (Å²) in [6, 6.07) is 0. The number of aromatic nitrogens is 2. The van der Waals surface area contributed by atoms with Crippen molar-refractivity contribution in [3.05, 3.63) is 12.0 Å². The molecule has 2 N–H and O–H groups in total. The van der Waals surface area contributed by atoms with Crippen LogP contribution in [-0.4, -0.2) is 62.3 Å². The number of nitrogens with zero attached hydrogens (tertiary/aromatic N) is 4. The summed E-state index contributed by atoms with van der Waals surface area (Å²) in [5, 5.41) is 20.6. The number of carbonyl (C=O) groups is 1. The predicted molar refractivity (Wildman–Crippen MR) is 110 cm³/mol. The number of amides is 1. The highest BCUT2D eigenvalue weighted by molar-refractivity contribution is 5.99. The van der Waals surface area contributed by atoms with Crippen LogP contribution in [0.4, 0.5) is 19.0 Å². The molecule has 1 amide bonds. The average molecular weight is 457 g/mol. The second kappa shape index (κ2) is 7.62. The van der Waals surface area contributed by atoms with Crippen LogP contribution < -0.4 is 4.90 Å². The van der Waals surface area contributed by atoms with Gasteiger partial charge in [-0.1, -0.05) is 19.3 Å². The number of carbonyl (C=O) groups excluding carboxylic acids is 1. The van der Waals surface area contributed by atoms with Crippen molar-refractivity contribution in [2.75, 3.05) is 18.5 Å². The third-order valence-corrected chi connectivity index (χ3v) is 8.32. The SMILES string of the molecule is CN1c2ncn(CC3CC3C3CCC3)c2C(=O)N(CC2CCC(O)(C(F)(F)F)CC2)C1O. The lowest BCUT2D eigenvalue weighted by atomic mass is 9.78. The van der Waals surface area contributed by atoms with E-state index in [9.17, 15) is 28.2 Å². The first kappa shape index (κ1) is 22.0. The molecule has 5 rings (SSSR count). The molecule has 0 radical (unpaired) electrons. The second-order valence-corrected chi connectivity index (χ2v) is 10.3. The Labute approximate surface area is 185 Å². The molecule has 7 nitrogen and oxygen atoms in total. The minimum absolute atomic E-state index is 0.146. The highest BCUT2D eigenvalue weighted by Gasteiger charge is 2.55. The van der Waals surface area contributed by atoms with Crippen molar-refractivity contribution in [3.63, 3.8) is 0 Å². The average Bonchev–Trinajstić information content (AvgIpc) is 3.28. The molecule has 1 aliphatic heterocycles. The van der Waals surface area contributed by atoms with Gasteiger partial charge in [0.1, 0.15) is 0 Å². The smallest absolute Gasteiger partial charge is 0.380 e. The molecule has 32 heavy (non-hydrogen) atoms. The zero-order chi connectivity index (χ0) is 22.8. The van der Waals surface area contributed by atoms with Crippen LogP contribution in [0, 0.1) is 23.7 Å². The van der Waals surface area contributed by atoms with Crippen molar-refractivity contribution in [2.24, 2.45) is 23.7 Å². The number of hydrogen-bond donors (Lipinski definition) is 2. The van der Waals surface area contributed by atoms with Gasteiger partial charge in [0, 0.05) is 20.1 Å². The summed E-state index contributed by atoms with van der Waals surface area (Å²) in [5.41, 5.74) is -2.21. The van der Waals surface area contributed by atoms with Gasteiger partial charge in [-0.3, -0.25) is 9.69 Å². The Kier molecular flexibility index (Phi) is 5.24. The molecule has 2 heterocycles. The molecule has 0 aromatic carbocycles. The van der Waals surface area contributed by atoms with Gasteiger partial charge < -0.3 is 19.7 Å². The third kappa shape index (κ3) is 3.59. The molecule has 0 bridgehead atoms. The van der Waals surface area contributed by atoms with E-state index in [4.69, 9.17) is 0 Å². The van der Waals surface area contributed by atoms with Crippen molar-refractivity contribution < 1.29 is 28.2 Å². The molecule has 4 aliphatic rings. The van der Waals surface area contributed by atoms with Crippen LogP contribution in [0.3, 0.4) is 0 Å². The molecule has 3 saturated carbocycles. The van der Waals surface area contributed by atoms with Gasteiger partial charge in [-0.25, -0.2) is 4.98 Å². The Morgan fingerprint density at radius 2 is 1.88 bits per heavy atom. The van der Waals surface area contributed by atoms with Crippen LogP contribution >= 0.6 is 0 Å². The minimum Gasteiger partial charge on any atom is -0.380 e. The largest absolute Gasteiger partial charge is 0.417 e. The van der Waals surface area contributed by atoms with Crippen molar-refractivity contribution in [1.29, 1.82) is 0 Å². The minimum atomic E-state index is -4.65. The zero-order valence-corrected chi connectivity index (χ0v) is 18.3. The number of fused-ring (bicyclic) bond motifs is 1. The van der Waals surface area contributed by atoms with E-state index in [-0.39, 0.29) is 44.1 Å². The fraction of sp³-hybridized carbons (Fsp3) is 0.818. The van der Waals surface area contributed by atoms with E-state index in [1.54, 1.807) is 18.3 Å². The van der Waals surface area contributed by atoms with Gasteiger partial charge in [0.05, 0.1) is 6.33 Å². The van der Waals surface area contributed by atoms with Gasteiger partial charge >= 0.3 is 6.18 Å². The fourth-order valence-corrected chi connectivity index (χ4v) is 5.80. The van der Waals surface area contributed by atoms with Crippen molar-refractivity contribution in [1.82, 2.24) is 14.5 Å². The maximum absolute atomic E-state index is 13.3. The molecule has 3 unspecified atom stereocenters. The van der Waals surface area contributed by atoms with Crippen LogP contribution in [0.1, 0.15) is 61.9 Å². The predicted octanol–water partition coefficient (Wildman–Crippen LogP) is 2.97. The van der Waals surface area contributed by atoms with E-state index < -0.39 is 18.1 Å². The molecule has 10 heteroatoms. The maximum atomic E-state index is 13.3. The molecular formula is C22H31F3N4O3. The Hall–Kier alpha value is -1.81. The van der Waals surface area contributed by atoms with E-state index in [1.165, 1.54) is 30.6 Å². The standard InChI is InChI=1S/C22H31F3N4O3/c1-27-18-17(28(12-26-18)11-15-9-16(15)14-3-2-4-14)19(30)29(20(27)31)10-13-5-7-21(32,8-6-13)22(23,24)25/h12-16,20,31-32H,2-11H2,1H3. The molecule has 3 atom stereocenters. The summed E-state index contributed by atoms with van der Waals surface area (Å²) in [6.45, 7) is 0.881. The first-order valence-corrected chi connectivity index (χ1v) is 11.6. The summed E-state index contributed by atoms with van der Waals surface area (Å²) in [5.74, 6) is 1.99.